The number of carbonyl (C=O) groups excluding carboxylic acids is 3. The number of hydrogen-bond donors (Lipinski definition) is 12. The molecule has 5 amide bonds. The van der Waals surface area contributed by atoms with Crippen LogP contribution in [-0.4, -0.2) is 179 Å². The minimum absolute atomic E-state index is 0.0475. The van der Waals surface area contributed by atoms with Gasteiger partial charge in [-0.2, -0.15) is 11.8 Å². The maximum Gasteiger partial charge on any atom is 0.323 e. The molecule has 432 valence electrons. The molecule has 6 fully saturated rings. The molecule has 10 rings (SSSR count). The number of thiocarbonyl (C=S) groups is 1. The summed E-state index contributed by atoms with van der Waals surface area (Å²) in [7, 11) is 0. The monoisotopic (exact) mass is 1140 g/mol. The Hall–Kier alpha value is -5.53. The van der Waals surface area contributed by atoms with Crippen LogP contribution in [0.15, 0.2) is 66.7 Å². The second-order valence-corrected chi connectivity index (χ2v) is 23.2. The molecule has 3 aromatic carbocycles. The van der Waals surface area contributed by atoms with E-state index >= 15 is 0 Å². The van der Waals surface area contributed by atoms with Gasteiger partial charge in [0.2, 0.25) is 12.3 Å². The summed E-state index contributed by atoms with van der Waals surface area (Å²) in [5.41, 5.74) is 5.03. The van der Waals surface area contributed by atoms with Gasteiger partial charge >= 0.3 is 12.1 Å². The van der Waals surface area contributed by atoms with Crippen LogP contribution in [0.3, 0.4) is 0 Å². The molecule has 5 saturated heterocycles. The van der Waals surface area contributed by atoms with Crippen molar-refractivity contribution in [2.75, 3.05) is 71.5 Å². The largest absolute Gasteiger partial charge is 0.491 e. The number of thioether (sulfide) groups is 1. The number of hydrogen-bond acceptors (Lipinski definition) is 17. The van der Waals surface area contributed by atoms with Gasteiger partial charge in [-0.1, -0.05) is 25.2 Å². The molecule has 0 spiro atoms. The summed E-state index contributed by atoms with van der Waals surface area (Å²) in [5, 5.41) is 75.9. The number of terminal acetylenes is 1. The topological polar surface area (TPSA) is 295 Å². The number of fused-ring (bicyclic) bond motifs is 4. The summed E-state index contributed by atoms with van der Waals surface area (Å²) in [6.45, 7) is -0.537. The molecule has 6 heterocycles. The number of rotatable bonds is 19. The van der Waals surface area contributed by atoms with Crippen molar-refractivity contribution in [3.8, 4) is 18.1 Å². The molecule has 0 bridgehead atoms. The summed E-state index contributed by atoms with van der Waals surface area (Å²) in [5.74, 6) is 3.55. The van der Waals surface area contributed by atoms with Crippen molar-refractivity contribution in [1.82, 2.24) is 16.0 Å². The second kappa shape index (κ2) is 26.6. The van der Waals surface area contributed by atoms with E-state index < -0.39 is 73.9 Å². The van der Waals surface area contributed by atoms with Crippen LogP contribution in [0.5, 0.6) is 5.75 Å². The Morgan fingerprint density at radius 3 is 2.27 bits per heavy atom. The number of unbranched alkanes of at least 4 members (excludes halogenated alkanes) is 1. The smallest absolute Gasteiger partial charge is 0.323 e. The van der Waals surface area contributed by atoms with E-state index in [-0.39, 0.29) is 62.9 Å². The van der Waals surface area contributed by atoms with Gasteiger partial charge in [-0.25, -0.2) is 9.59 Å². The van der Waals surface area contributed by atoms with Crippen LogP contribution < -0.4 is 46.9 Å². The standard InChI is InChI=1S/C56H72N8O14S2/c1-2-21-64-39-8-4-3-7-30(39)22-31-23-35(17-20-40(31)64)58-53(71)57-32-11-13-33(14-12-32)59-55(79)60-34-15-18-36(19-16-34)74-27-43-49(68)48(67)37(41(24-65)76-43)25-73-26-42-50(69)51(70)52-44(77-42)28-75-56(78-52)62-46(66)10-6-5-9-45-47-38(29-80-45)61-54(72)63-47/h1,11-20,23,30,37-39,41-45,47-52,56,65,67-70H,3-10,21-22,24-29H2,(H,62,66)(H2,57,58,71)(H2,59,60,79)(H2,61,63,72). The van der Waals surface area contributed by atoms with Crippen LogP contribution in [0.2, 0.25) is 0 Å². The Morgan fingerprint density at radius 1 is 0.812 bits per heavy atom. The molecule has 22 nitrogen and oxygen atoms in total. The molecule has 12 N–H and O–H groups in total. The lowest BCUT2D eigenvalue weighted by Crippen LogP contribution is -2.65. The van der Waals surface area contributed by atoms with Gasteiger partial charge in [0, 0.05) is 57.8 Å². The average molecular weight is 1150 g/mol. The van der Waals surface area contributed by atoms with E-state index in [1.807, 2.05) is 17.8 Å². The van der Waals surface area contributed by atoms with Crippen molar-refractivity contribution in [2.45, 2.75) is 143 Å². The second-order valence-electron chi connectivity index (χ2n) is 21.5. The lowest BCUT2D eigenvalue weighted by atomic mass is 9.76. The molecule has 7 aliphatic rings. The number of ether oxygens (including phenoxy) is 6. The molecule has 1 saturated carbocycles. The normalized spacial score (nSPS) is 32.3. The van der Waals surface area contributed by atoms with Crippen molar-refractivity contribution in [2.24, 2.45) is 11.8 Å². The lowest BCUT2D eigenvalue weighted by molar-refractivity contribution is -0.333. The zero-order chi connectivity index (χ0) is 55.9. The maximum absolute atomic E-state index is 13.0. The van der Waals surface area contributed by atoms with Gasteiger partial charge in [-0.3, -0.25) is 4.79 Å². The van der Waals surface area contributed by atoms with Gasteiger partial charge in [0.15, 0.2) is 5.11 Å². The first-order valence-electron chi connectivity index (χ1n) is 27.6. The van der Waals surface area contributed by atoms with Gasteiger partial charge in [-0.05, 0) is 123 Å². The first kappa shape index (κ1) is 57.7. The Bertz CT molecular complexity index is 2670. The third-order valence-electron chi connectivity index (χ3n) is 16.2. The molecular formula is C56H72N8O14S2. The third-order valence-corrected chi connectivity index (χ3v) is 17.9. The quantitative estimate of drug-likeness (QED) is 0.0355. The van der Waals surface area contributed by atoms with Crippen molar-refractivity contribution >= 4 is 75.5 Å². The SMILES string of the molecule is C#CCN1c2ccc(NC(=O)Nc3ccc(NC(=S)Nc4ccc(OCC5OC(CO)C(COCC6OC7COC(NC(=O)CCCCC8SCC9NC(=O)NC98)OC7C(O)C6O)C(O)C5O)cc4)cc3)cc2CC2CCCCC21. The highest BCUT2D eigenvalue weighted by molar-refractivity contribution is 8.00. The highest BCUT2D eigenvalue weighted by Gasteiger charge is 2.50. The number of anilines is 5. The van der Waals surface area contributed by atoms with Crippen molar-refractivity contribution in [3.05, 3.63) is 72.3 Å². The minimum Gasteiger partial charge on any atom is -0.491 e. The molecule has 24 heteroatoms. The summed E-state index contributed by atoms with van der Waals surface area (Å²) >= 11 is 7.37. The average Bonchev–Trinajstić information content (AvgIpc) is 4.01. The highest BCUT2D eigenvalue weighted by atomic mass is 32.2. The van der Waals surface area contributed by atoms with E-state index in [4.69, 9.17) is 47.1 Å². The van der Waals surface area contributed by atoms with Gasteiger partial charge in [0.25, 0.3) is 0 Å². The predicted octanol–water partition coefficient (Wildman–Crippen LogP) is 3.22. The van der Waals surface area contributed by atoms with Crippen molar-refractivity contribution < 1.29 is 68.3 Å². The van der Waals surface area contributed by atoms with E-state index in [9.17, 15) is 39.9 Å². The van der Waals surface area contributed by atoms with Crippen molar-refractivity contribution in [3.63, 3.8) is 0 Å². The minimum atomic E-state index is -1.44. The van der Waals surface area contributed by atoms with Crippen LogP contribution in [0, 0.1) is 24.2 Å². The zero-order valence-electron chi connectivity index (χ0n) is 44.2. The van der Waals surface area contributed by atoms with E-state index in [1.54, 1.807) is 48.5 Å². The molecular weight excluding hydrogens is 1070 g/mol. The van der Waals surface area contributed by atoms with E-state index in [2.05, 4.69) is 60.2 Å². The molecule has 16 atom stereocenters. The fourth-order valence-electron chi connectivity index (χ4n) is 12.1. The van der Waals surface area contributed by atoms with Gasteiger partial charge in [0.05, 0.1) is 57.3 Å². The first-order chi connectivity index (χ1) is 38.8. The number of carbonyl (C=O) groups is 3. The summed E-state index contributed by atoms with van der Waals surface area (Å²) in [4.78, 5) is 39.8. The molecule has 3 aromatic rings. The Morgan fingerprint density at radius 2 is 1.51 bits per heavy atom. The van der Waals surface area contributed by atoms with Gasteiger partial charge in [0.1, 0.15) is 55.1 Å². The number of aliphatic hydroxyl groups excluding tert-OH is 5. The highest BCUT2D eigenvalue weighted by Crippen LogP contribution is 2.42. The lowest BCUT2D eigenvalue weighted by Gasteiger charge is -2.46. The van der Waals surface area contributed by atoms with E-state index in [0.717, 1.165) is 42.8 Å². The van der Waals surface area contributed by atoms with E-state index in [0.29, 0.717) is 58.1 Å². The number of benzene rings is 3. The number of urea groups is 2. The number of nitrogens with one attached hydrogen (secondary N) is 7. The maximum atomic E-state index is 13.0. The third kappa shape index (κ3) is 13.9. The number of amides is 5. The first-order valence-corrected chi connectivity index (χ1v) is 29.0. The van der Waals surface area contributed by atoms with Crippen LogP contribution in [-0.2, 0) is 34.9 Å². The molecule has 1 aliphatic carbocycles. The van der Waals surface area contributed by atoms with Crippen LogP contribution in [0.4, 0.5) is 38.0 Å². The molecule has 80 heavy (non-hydrogen) atoms. The summed E-state index contributed by atoms with van der Waals surface area (Å²) < 4.78 is 35.3. The number of aliphatic hydroxyl groups is 5. The van der Waals surface area contributed by atoms with Crippen LogP contribution in [0.25, 0.3) is 0 Å². The number of nitrogens with zero attached hydrogens (tertiary/aromatic N) is 1. The fraction of sp³-hybridized carbons (Fsp3) is 0.571. The van der Waals surface area contributed by atoms with Gasteiger partial charge < -0.3 is 96.1 Å². The Labute approximate surface area is 474 Å². The predicted molar refractivity (Wildman–Crippen MR) is 302 cm³/mol. The molecule has 16 unspecified atom stereocenters. The van der Waals surface area contributed by atoms with Crippen LogP contribution in [0.1, 0.15) is 56.9 Å². The Kier molecular flexibility index (Phi) is 19.2. The fourth-order valence-corrected chi connectivity index (χ4v) is 13.8. The molecule has 0 aromatic heterocycles. The zero-order valence-corrected chi connectivity index (χ0v) is 45.8. The summed E-state index contributed by atoms with van der Waals surface area (Å²) in [6.07, 6.45) is 2.53. The molecule has 0 radical (unpaired) electrons. The van der Waals surface area contributed by atoms with Crippen LogP contribution >= 0.6 is 24.0 Å². The van der Waals surface area contributed by atoms with E-state index in [1.165, 1.54) is 24.8 Å². The molecule has 6 aliphatic heterocycles. The summed E-state index contributed by atoms with van der Waals surface area (Å²) in [6, 6.07) is 20.3. The van der Waals surface area contributed by atoms with Crippen molar-refractivity contribution in [1.29, 1.82) is 0 Å². The van der Waals surface area contributed by atoms with Gasteiger partial charge in [-0.15, -0.1) is 6.42 Å². The Balaban J connectivity index is 0.608.